The Kier molecular flexibility index (Phi) is 3.88. The average Bonchev–Trinajstić information content (AvgIpc) is 2.08. The van der Waals surface area contributed by atoms with Gasteiger partial charge < -0.3 is 5.11 Å². The van der Waals surface area contributed by atoms with Gasteiger partial charge in [-0.05, 0) is 31.6 Å². The van der Waals surface area contributed by atoms with Crippen molar-refractivity contribution >= 4 is 11.0 Å². The molecule has 1 unspecified atom stereocenters. The molecule has 13 heavy (non-hydrogen) atoms. The highest BCUT2D eigenvalue weighted by atomic mass is 32.2. The van der Waals surface area contributed by atoms with Crippen molar-refractivity contribution < 1.29 is 9.32 Å². The molecule has 1 aliphatic carbocycles. The fraction of sp³-hybridized carbons (Fsp3) is 1.00. The normalized spacial score (nSPS) is 37.3. The highest BCUT2D eigenvalue weighted by molar-refractivity contribution is 7.82. The van der Waals surface area contributed by atoms with Gasteiger partial charge in [-0.2, -0.15) is 0 Å². The molecule has 1 atom stereocenters. The van der Waals surface area contributed by atoms with E-state index in [1.54, 1.807) is 6.26 Å². The minimum Gasteiger partial charge on any atom is -0.389 e. The molecule has 0 aromatic rings. The molecule has 0 amide bonds. The Labute approximate surface area is 82.5 Å². The number of nitrogens with one attached hydrogen (secondary N) is 1. The van der Waals surface area contributed by atoms with Gasteiger partial charge in [0.2, 0.25) is 0 Å². The lowest BCUT2D eigenvalue weighted by atomic mass is 9.80. The number of hydrogen-bond acceptors (Lipinski definition) is 2. The maximum Gasteiger partial charge on any atom is 0.0884 e. The summed E-state index contributed by atoms with van der Waals surface area (Å²) in [5, 5.41) is 10.0. The van der Waals surface area contributed by atoms with Gasteiger partial charge in [0.15, 0.2) is 0 Å². The summed E-state index contributed by atoms with van der Waals surface area (Å²) in [5.41, 5.74) is -0.613. The second-order valence-corrected chi connectivity index (χ2v) is 5.38. The smallest absolute Gasteiger partial charge is 0.0884 e. The molecule has 0 aromatic carbocycles. The van der Waals surface area contributed by atoms with Gasteiger partial charge in [-0.3, -0.25) is 0 Å². The van der Waals surface area contributed by atoms with Gasteiger partial charge in [-0.1, -0.05) is 6.92 Å². The van der Waals surface area contributed by atoms with Crippen LogP contribution in [0, 0.1) is 5.92 Å². The van der Waals surface area contributed by atoms with Crippen molar-refractivity contribution in [3.63, 3.8) is 0 Å². The van der Waals surface area contributed by atoms with E-state index in [2.05, 4.69) is 11.6 Å². The van der Waals surface area contributed by atoms with E-state index < -0.39 is 16.6 Å². The maximum atomic E-state index is 10.8. The van der Waals surface area contributed by atoms with Gasteiger partial charge in [-0.15, -0.1) is 0 Å². The predicted octanol–water partition coefficient (Wildman–Crippen LogP) is 0.811. The summed E-state index contributed by atoms with van der Waals surface area (Å²) in [6.45, 7) is 2.67. The summed E-state index contributed by atoms with van der Waals surface area (Å²) >= 11 is 0. The average molecular weight is 205 g/mol. The Morgan fingerprint density at radius 1 is 1.54 bits per heavy atom. The largest absolute Gasteiger partial charge is 0.389 e. The van der Waals surface area contributed by atoms with Crippen molar-refractivity contribution in [3.8, 4) is 0 Å². The van der Waals surface area contributed by atoms with Crippen LogP contribution in [0.1, 0.15) is 32.6 Å². The third kappa shape index (κ3) is 3.75. The lowest BCUT2D eigenvalue weighted by molar-refractivity contribution is -0.00154. The minimum absolute atomic E-state index is 0.461. The molecule has 3 nitrogen and oxygen atoms in total. The second-order valence-electron chi connectivity index (χ2n) is 4.18. The first-order valence-corrected chi connectivity index (χ1v) is 6.37. The molecule has 0 aliphatic heterocycles. The summed E-state index contributed by atoms with van der Waals surface area (Å²) in [4.78, 5) is 0. The molecular formula is C9H19NO2S. The number of rotatable bonds is 3. The van der Waals surface area contributed by atoms with Crippen molar-refractivity contribution in [2.75, 3.05) is 12.8 Å². The Hall–Kier alpha value is 0.0700. The first-order chi connectivity index (χ1) is 6.02. The van der Waals surface area contributed by atoms with Crippen LogP contribution in [0.5, 0.6) is 0 Å². The Morgan fingerprint density at radius 3 is 2.54 bits per heavy atom. The van der Waals surface area contributed by atoms with Crippen LogP contribution in [0.4, 0.5) is 0 Å². The van der Waals surface area contributed by atoms with Gasteiger partial charge in [0, 0.05) is 12.8 Å². The first-order valence-electron chi connectivity index (χ1n) is 4.81. The first kappa shape index (κ1) is 11.1. The third-order valence-electron chi connectivity index (χ3n) is 2.81. The van der Waals surface area contributed by atoms with Crippen LogP contribution in [0.15, 0.2) is 0 Å². The quantitative estimate of drug-likeness (QED) is 0.716. The SMILES string of the molecule is CC1CCC(O)(CNS(C)=O)CC1. The van der Waals surface area contributed by atoms with Crippen LogP contribution in [-0.4, -0.2) is 27.7 Å². The molecule has 0 radical (unpaired) electrons. The molecule has 0 aromatic heterocycles. The number of hydrogen-bond donors (Lipinski definition) is 2. The van der Waals surface area contributed by atoms with E-state index in [0.717, 1.165) is 31.6 Å². The van der Waals surface area contributed by atoms with Crippen molar-refractivity contribution in [1.29, 1.82) is 0 Å². The summed E-state index contributed by atoms with van der Waals surface area (Å²) < 4.78 is 13.6. The Morgan fingerprint density at radius 2 is 2.08 bits per heavy atom. The summed E-state index contributed by atoms with van der Waals surface area (Å²) in [7, 11) is -1.01. The molecule has 0 bridgehead atoms. The van der Waals surface area contributed by atoms with E-state index in [9.17, 15) is 9.32 Å². The van der Waals surface area contributed by atoms with Crippen LogP contribution in [-0.2, 0) is 11.0 Å². The van der Waals surface area contributed by atoms with Crippen molar-refractivity contribution in [2.45, 2.75) is 38.2 Å². The van der Waals surface area contributed by atoms with E-state index in [4.69, 9.17) is 0 Å². The van der Waals surface area contributed by atoms with E-state index in [0.29, 0.717) is 6.54 Å². The zero-order valence-electron chi connectivity index (χ0n) is 8.38. The van der Waals surface area contributed by atoms with Gasteiger partial charge in [0.1, 0.15) is 0 Å². The molecule has 4 heteroatoms. The molecule has 0 heterocycles. The number of aliphatic hydroxyl groups is 1. The van der Waals surface area contributed by atoms with E-state index in [1.165, 1.54) is 0 Å². The maximum absolute atomic E-state index is 10.8. The van der Waals surface area contributed by atoms with Crippen LogP contribution in [0.2, 0.25) is 0 Å². The lowest BCUT2D eigenvalue weighted by Crippen LogP contribution is -2.43. The second kappa shape index (κ2) is 4.53. The standard InChI is InChI=1S/C9H19NO2S/c1-8-3-5-9(11,6-4-8)7-10-13(2)12/h8,10-11H,3-7H2,1-2H3. The molecule has 1 fully saturated rings. The predicted molar refractivity (Wildman–Crippen MR) is 54.7 cm³/mol. The van der Waals surface area contributed by atoms with Gasteiger partial charge in [0.25, 0.3) is 0 Å². The lowest BCUT2D eigenvalue weighted by Gasteiger charge is -2.34. The molecule has 0 saturated heterocycles. The highest BCUT2D eigenvalue weighted by Crippen LogP contribution is 2.31. The summed E-state index contributed by atoms with van der Waals surface area (Å²) in [5.74, 6) is 0.729. The van der Waals surface area contributed by atoms with E-state index >= 15 is 0 Å². The molecule has 1 aliphatic rings. The fourth-order valence-electron chi connectivity index (χ4n) is 1.71. The molecule has 0 spiro atoms. The summed E-state index contributed by atoms with van der Waals surface area (Å²) in [6.07, 6.45) is 5.41. The topological polar surface area (TPSA) is 49.3 Å². The zero-order chi connectivity index (χ0) is 9.90. The highest BCUT2D eigenvalue weighted by Gasteiger charge is 2.31. The monoisotopic (exact) mass is 205 g/mol. The van der Waals surface area contributed by atoms with Crippen LogP contribution >= 0.6 is 0 Å². The van der Waals surface area contributed by atoms with Crippen LogP contribution in [0.3, 0.4) is 0 Å². The molecule has 1 rings (SSSR count). The molecule has 1 saturated carbocycles. The fourth-order valence-corrected chi connectivity index (χ4v) is 2.18. The van der Waals surface area contributed by atoms with Crippen molar-refractivity contribution in [3.05, 3.63) is 0 Å². The van der Waals surface area contributed by atoms with E-state index in [1.807, 2.05) is 0 Å². The van der Waals surface area contributed by atoms with Gasteiger partial charge >= 0.3 is 0 Å². The van der Waals surface area contributed by atoms with Crippen molar-refractivity contribution in [2.24, 2.45) is 5.92 Å². The third-order valence-corrected chi connectivity index (χ3v) is 3.36. The van der Waals surface area contributed by atoms with Crippen molar-refractivity contribution in [1.82, 2.24) is 4.72 Å². The molecule has 2 N–H and O–H groups in total. The van der Waals surface area contributed by atoms with Gasteiger partial charge in [0.05, 0.1) is 16.6 Å². The van der Waals surface area contributed by atoms with E-state index in [-0.39, 0.29) is 0 Å². The zero-order valence-corrected chi connectivity index (χ0v) is 9.19. The van der Waals surface area contributed by atoms with Crippen LogP contribution < -0.4 is 4.72 Å². The summed E-state index contributed by atoms with van der Waals surface area (Å²) in [6, 6.07) is 0. The Balaban J connectivity index is 2.34. The molecular weight excluding hydrogens is 186 g/mol. The minimum atomic E-state index is -1.01. The van der Waals surface area contributed by atoms with Crippen LogP contribution in [0.25, 0.3) is 0 Å². The van der Waals surface area contributed by atoms with Gasteiger partial charge in [-0.25, -0.2) is 8.93 Å². The Bertz CT molecular complexity index is 188. The molecule has 78 valence electrons.